The highest BCUT2D eigenvalue weighted by Crippen LogP contribution is 2.26. The van der Waals surface area contributed by atoms with E-state index in [1.807, 2.05) is 6.92 Å². The van der Waals surface area contributed by atoms with Gasteiger partial charge < -0.3 is 10.1 Å². The summed E-state index contributed by atoms with van der Waals surface area (Å²) in [5, 5.41) is 3.48. The molecule has 0 aliphatic carbocycles. The largest absolute Gasteiger partial charge is 0.497 e. The van der Waals surface area contributed by atoms with Crippen LogP contribution in [0.3, 0.4) is 0 Å². The second kappa shape index (κ2) is 7.65. The van der Waals surface area contributed by atoms with Crippen LogP contribution >= 0.6 is 24.0 Å². The molecule has 1 saturated heterocycles. The monoisotopic (exact) mass is 354 g/mol. The SMILES string of the molecule is COc1ccc(Cl)c(S(=O)(=O)NC2CCNC(C)C2)c1.Cl. The molecule has 1 aromatic carbocycles. The van der Waals surface area contributed by atoms with E-state index in [1.54, 1.807) is 6.07 Å². The second-order valence-corrected chi connectivity index (χ2v) is 7.08. The number of halogens is 2. The number of sulfonamides is 1. The van der Waals surface area contributed by atoms with Crippen molar-refractivity contribution in [3.8, 4) is 5.75 Å². The Morgan fingerprint density at radius 1 is 1.43 bits per heavy atom. The number of hydrogen-bond donors (Lipinski definition) is 2. The molecule has 0 spiro atoms. The fourth-order valence-corrected chi connectivity index (χ4v) is 4.14. The molecule has 0 amide bonds. The van der Waals surface area contributed by atoms with Gasteiger partial charge in [0.1, 0.15) is 10.6 Å². The van der Waals surface area contributed by atoms with Crippen LogP contribution in [0.15, 0.2) is 23.1 Å². The summed E-state index contributed by atoms with van der Waals surface area (Å²) in [5.41, 5.74) is 0. The Kier molecular flexibility index (Phi) is 6.74. The van der Waals surface area contributed by atoms with Crippen molar-refractivity contribution in [2.75, 3.05) is 13.7 Å². The predicted octanol–water partition coefficient (Wildman–Crippen LogP) is 2.19. The zero-order valence-electron chi connectivity index (χ0n) is 11.9. The second-order valence-electron chi connectivity index (χ2n) is 4.99. The normalized spacial score (nSPS) is 22.4. The first-order valence-corrected chi connectivity index (χ1v) is 8.38. The number of methoxy groups -OCH3 is 1. The first-order valence-electron chi connectivity index (χ1n) is 6.51. The van der Waals surface area contributed by atoms with Crippen molar-refractivity contribution in [1.29, 1.82) is 0 Å². The van der Waals surface area contributed by atoms with Crippen LogP contribution in [-0.4, -0.2) is 34.2 Å². The number of hydrogen-bond acceptors (Lipinski definition) is 4. The Bertz CT molecular complexity index is 581. The summed E-state index contributed by atoms with van der Waals surface area (Å²) in [7, 11) is -2.15. The highest BCUT2D eigenvalue weighted by atomic mass is 35.5. The fourth-order valence-electron chi connectivity index (χ4n) is 2.34. The van der Waals surface area contributed by atoms with E-state index in [9.17, 15) is 8.42 Å². The molecule has 1 aliphatic heterocycles. The lowest BCUT2D eigenvalue weighted by molar-refractivity contribution is 0.361. The van der Waals surface area contributed by atoms with Gasteiger partial charge in [-0.05, 0) is 38.4 Å². The summed E-state index contributed by atoms with van der Waals surface area (Å²) in [5.74, 6) is 0.466. The Morgan fingerprint density at radius 3 is 2.76 bits per heavy atom. The van der Waals surface area contributed by atoms with Gasteiger partial charge in [0, 0.05) is 18.2 Å². The number of benzene rings is 1. The zero-order valence-corrected chi connectivity index (χ0v) is 14.3. The van der Waals surface area contributed by atoms with E-state index in [4.69, 9.17) is 16.3 Å². The Balaban J connectivity index is 0.00000220. The number of rotatable bonds is 4. The van der Waals surface area contributed by atoms with Gasteiger partial charge in [0.15, 0.2) is 0 Å². The van der Waals surface area contributed by atoms with Crippen LogP contribution in [0, 0.1) is 0 Å². The summed E-state index contributed by atoms with van der Waals surface area (Å²) < 4.78 is 32.6. The lowest BCUT2D eigenvalue weighted by atomic mass is 10.0. The quantitative estimate of drug-likeness (QED) is 0.869. The molecular formula is C13H20Cl2N2O3S. The van der Waals surface area contributed by atoms with Crippen LogP contribution in [0.25, 0.3) is 0 Å². The van der Waals surface area contributed by atoms with Gasteiger partial charge in [-0.25, -0.2) is 13.1 Å². The molecule has 1 aliphatic rings. The lowest BCUT2D eigenvalue weighted by Gasteiger charge is -2.28. The Hall–Kier alpha value is -0.530. The maximum absolute atomic E-state index is 12.4. The maximum Gasteiger partial charge on any atom is 0.242 e. The van der Waals surface area contributed by atoms with Gasteiger partial charge in [0.2, 0.25) is 10.0 Å². The van der Waals surface area contributed by atoms with Crippen molar-refractivity contribution in [1.82, 2.24) is 10.0 Å². The molecule has 0 aromatic heterocycles. The van der Waals surface area contributed by atoms with Gasteiger partial charge in [-0.1, -0.05) is 11.6 Å². The average Bonchev–Trinajstić information content (AvgIpc) is 2.38. The molecule has 2 unspecified atom stereocenters. The molecule has 2 N–H and O–H groups in total. The third kappa shape index (κ3) is 4.72. The standard InChI is InChI=1S/C13H19ClN2O3S.ClH/c1-9-7-10(5-6-15-9)16-20(17,18)13-8-11(19-2)3-4-12(13)14;/h3-4,8-10,15-16H,5-7H2,1-2H3;1H. The van der Waals surface area contributed by atoms with E-state index in [1.165, 1.54) is 19.2 Å². The molecule has 1 heterocycles. The van der Waals surface area contributed by atoms with E-state index < -0.39 is 10.0 Å². The highest BCUT2D eigenvalue weighted by Gasteiger charge is 2.26. The van der Waals surface area contributed by atoms with Crippen molar-refractivity contribution >= 4 is 34.0 Å². The number of ether oxygens (including phenoxy) is 1. The third-order valence-corrected chi connectivity index (χ3v) is 5.38. The van der Waals surface area contributed by atoms with Crippen molar-refractivity contribution < 1.29 is 13.2 Å². The minimum atomic E-state index is -3.64. The summed E-state index contributed by atoms with van der Waals surface area (Å²) in [6.07, 6.45) is 1.53. The highest BCUT2D eigenvalue weighted by molar-refractivity contribution is 7.89. The van der Waals surface area contributed by atoms with E-state index in [0.29, 0.717) is 11.8 Å². The minimum absolute atomic E-state index is 0. The van der Waals surface area contributed by atoms with Crippen LogP contribution in [-0.2, 0) is 10.0 Å². The Morgan fingerprint density at radius 2 is 2.14 bits per heavy atom. The predicted molar refractivity (Wildman–Crippen MR) is 86.1 cm³/mol. The fraction of sp³-hybridized carbons (Fsp3) is 0.538. The van der Waals surface area contributed by atoms with Crippen molar-refractivity contribution in [2.45, 2.75) is 36.7 Å². The minimum Gasteiger partial charge on any atom is -0.497 e. The maximum atomic E-state index is 12.4. The molecule has 0 radical (unpaired) electrons. The molecule has 120 valence electrons. The van der Waals surface area contributed by atoms with Gasteiger partial charge in [-0.2, -0.15) is 0 Å². The molecule has 1 aromatic rings. The van der Waals surface area contributed by atoms with E-state index in [-0.39, 0.29) is 28.4 Å². The summed E-state index contributed by atoms with van der Waals surface area (Å²) >= 11 is 6.00. The van der Waals surface area contributed by atoms with E-state index in [2.05, 4.69) is 10.0 Å². The number of piperidine rings is 1. The van der Waals surface area contributed by atoms with Gasteiger partial charge in [0.05, 0.1) is 12.1 Å². The molecule has 0 saturated carbocycles. The van der Waals surface area contributed by atoms with Crippen LogP contribution in [0.1, 0.15) is 19.8 Å². The molecule has 0 bridgehead atoms. The lowest BCUT2D eigenvalue weighted by Crippen LogP contribution is -2.46. The number of nitrogens with one attached hydrogen (secondary N) is 2. The zero-order chi connectivity index (χ0) is 14.8. The van der Waals surface area contributed by atoms with Gasteiger partial charge in [-0.15, -0.1) is 12.4 Å². The summed E-state index contributed by atoms with van der Waals surface area (Å²) in [4.78, 5) is 0.0599. The molecule has 21 heavy (non-hydrogen) atoms. The molecular weight excluding hydrogens is 335 g/mol. The average molecular weight is 355 g/mol. The van der Waals surface area contributed by atoms with Crippen LogP contribution in [0.4, 0.5) is 0 Å². The van der Waals surface area contributed by atoms with Crippen LogP contribution in [0.5, 0.6) is 5.75 Å². The molecule has 5 nitrogen and oxygen atoms in total. The molecule has 2 atom stereocenters. The smallest absolute Gasteiger partial charge is 0.242 e. The van der Waals surface area contributed by atoms with E-state index >= 15 is 0 Å². The van der Waals surface area contributed by atoms with Crippen molar-refractivity contribution in [3.05, 3.63) is 23.2 Å². The van der Waals surface area contributed by atoms with Gasteiger partial charge in [-0.3, -0.25) is 0 Å². The first-order chi connectivity index (χ1) is 9.42. The van der Waals surface area contributed by atoms with Crippen LogP contribution < -0.4 is 14.8 Å². The van der Waals surface area contributed by atoms with Crippen LogP contribution in [0.2, 0.25) is 5.02 Å². The summed E-state index contributed by atoms with van der Waals surface area (Å²) in [6.45, 7) is 2.85. The molecule has 2 rings (SSSR count). The van der Waals surface area contributed by atoms with Crippen molar-refractivity contribution in [3.63, 3.8) is 0 Å². The Labute approximate surface area is 136 Å². The topological polar surface area (TPSA) is 67.4 Å². The van der Waals surface area contributed by atoms with Gasteiger partial charge >= 0.3 is 0 Å². The summed E-state index contributed by atoms with van der Waals surface area (Å²) in [6, 6.07) is 4.83. The first kappa shape index (κ1) is 18.5. The van der Waals surface area contributed by atoms with E-state index in [0.717, 1.165) is 19.4 Å². The van der Waals surface area contributed by atoms with Crippen molar-refractivity contribution in [2.24, 2.45) is 0 Å². The molecule has 1 fully saturated rings. The third-order valence-electron chi connectivity index (χ3n) is 3.37. The van der Waals surface area contributed by atoms with Gasteiger partial charge in [0.25, 0.3) is 0 Å². The molecule has 8 heteroatoms.